The van der Waals surface area contributed by atoms with Crippen molar-refractivity contribution in [1.29, 1.82) is 0 Å². The topological polar surface area (TPSA) is 77.9 Å². The first-order chi connectivity index (χ1) is 21.4. The minimum absolute atomic E-state index is 0.181. The largest absolute Gasteiger partial charge is 0.497 e. The highest BCUT2D eigenvalue weighted by atomic mass is 32.1. The summed E-state index contributed by atoms with van der Waals surface area (Å²) in [5.41, 5.74) is 6.52. The summed E-state index contributed by atoms with van der Waals surface area (Å²) in [6.45, 7) is 4.19. The Hall–Kier alpha value is -5.15. The number of methoxy groups -OCH3 is 2. The molecule has 2 aromatic heterocycles. The minimum atomic E-state index is -0.363. The van der Waals surface area contributed by atoms with Gasteiger partial charge in [0.1, 0.15) is 17.2 Å². The standard InChI is InChI=1S/C35H32N4O4S/c1-22-21-30(23(2)38(22)25-10-8-24(9-11-25)34(40)42-4)33-32(31-7-5-6-20-36-31)37-35(44)39(33)26-12-14-28(15-13-26)43-29-18-16-27(41-3)17-19-29/h5-21,32-33H,1-4H3,(H,37,44)/t32-,33-/m0/s1. The lowest BCUT2D eigenvalue weighted by Crippen LogP contribution is -2.29. The molecule has 8 nitrogen and oxygen atoms in total. The normalized spacial score (nSPS) is 16.0. The van der Waals surface area contributed by atoms with Gasteiger partial charge in [-0.1, -0.05) is 6.07 Å². The van der Waals surface area contributed by atoms with Crippen molar-refractivity contribution in [3.63, 3.8) is 0 Å². The van der Waals surface area contributed by atoms with Gasteiger partial charge in [-0.05, 0) is 123 Å². The molecule has 1 aliphatic heterocycles. The molecule has 5 aromatic rings. The maximum absolute atomic E-state index is 12.0. The van der Waals surface area contributed by atoms with Crippen LogP contribution in [0.15, 0.2) is 103 Å². The summed E-state index contributed by atoms with van der Waals surface area (Å²) >= 11 is 5.96. The van der Waals surface area contributed by atoms with Gasteiger partial charge in [-0.2, -0.15) is 0 Å². The summed E-state index contributed by atoms with van der Waals surface area (Å²) in [5, 5.41) is 4.16. The van der Waals surface area contributed by atoms with E-state index in [1.54, 1.807) is 25.4 Å². The molecule has 1 N–H and O–H groups in total. The van der Waals surface area contributed by atoms with E-state index in [2.05, 4.69) is 34.7 Å². The fourth-order valence-electron chi connectivity index (χ4n) is 5.75. The summed E-state index contributed by atoms with van der Waals surface area (Å²) < 4.78 is 18.4. The number of carbonyl (C=O) groups is 1. The Bertz CT molecular complexity index is 1790. The van der Waals surface area contributed by atoms with Gasteiger partial charge in [-0.25, -0.2) is 4.79 Å². The van der Waals surface area contributed by atoms with Crippen LogP contribution in [0.25, 0.3) is 5.69 Å². The van der Waals surface area contributed by atoms with E-state index in [0.29, 0.717) is 16.4 Å². The Morgan fingerprint density at radius 2 is 1.48 bits per heavy atom. The smallest absolute Gasteiger partial charge is 0.337 e. The third kappa shape index (κ3) is 5.49. The molecule has 0 spiro atoms. The van der Waals surface area contributed by atoms with Gasteiger partial charge >= 0.3 is 5.97 Å². The number of benzene rings is 3. The number of ether oxygens (including phenoxy) is 3. The SMILES string of the molecule is COC(=O)c1ccc(-n2c(C)cc([C@H]3[C@H](c4ccccn4)NC(=S)N3c3ccc(Oc4ccc(OC)cc4)cc3)c2C)cc1. The monoisotopic (exact) mass is 604 g/mol. The Morgan fingerprint density at radius 3 is 2.09 bits per heavy atom. The van der Waals surface area contributed by atoms with E-state index < -0.39 is 0 Å². The highest BCUT2D eigenvalue weighted by molar-refractivity contribution is 7.80. The summed E-state index contributed by atoms with van der Waals surface area (Å²) in [4.78, 5) is 18.9. The lowest BCUT2D eigenvalue weighted by molar-refractivity contribution is 0.0600. The van der Waals surface area contributed by atoms with E-state index in [0.717, 1.165) is 45.5 Å². The molecule has 0 saturated carbocycles. The number of hydrogen-bond acceptors (Lipinski definition) is 6. The quantitative estimate of drug-likeness (QED) is 0.147. The third-order valence-corrected chi connectivity index (χ3v) is 8.16. The van der Waals surface area contributed by atoms with Crippen molar-refractivity contribution in [2.75, 3.05) is 19.1 Å². The van der Waals surface area contributed by atoms with Gasteiger partial charge in [-0.3, -0.25) is 4.98 Å². The Balaban J connectivity index is 1.37. The van der Waals surface area contributed by atoms with Crippen LogP contribution in [0.1, 0.15) is 45.1 Å². The number of rotatable bonds is 8. The minimum Gasteiger partial charge on any atom is -0.497 e. The average molecular weight is 605 g/mol. The van der Waals surface area contributed by atoms with Crippen LogP contribution in [-0.4, -0.2) is 34.9 Å². The molecule has 0 bridgehead atoms. The number of aromatic nitrogens is 2. The summed E-state index contributed by atoms with van der Waals surface area (Å²) in [7, 11) is 3.02. The third-order valence-electron chi connectivity index (χ3n) is 7.84. The van der Waals surface area contributed by atoms with E-state index >= 15 is 0 Å². The van der Waals surface area contributed by atoms with Crippen molar-refractivity contribution >= 4 is 29.0 Å². The van der Waals surface area contributed by atoms with Crippen molar-refractivity contribution in [2.45, 2.75) is 25.9 Å². The maximum atomic E-state index is 12.0. The van der Waals surface area contributed by atoms with Crippen LogP contribution in [0, 0.1) is 13.8 Å². The molecule has 1 saturated heterocycles. The molecular formula is C35H32N4O4S. The Kier molecular flexibility index (Phi) is 8.04. The number of nitrogens with zero attached hydrogens (tertiary/aromatic N) is 3. The van der Waals surface area contributed by atoms with E-state index in [4.69, 9.17) is 31.4 Å². The number of anilines is 1. The molecule has 3 heterocycles. The molecule has 0 amide bonds. The van der Waals surface area contributed by atoms with E-state index in [1.165, 1.54) is 7.11 Å². The number of hydrogen-bond donors (Lipinski definition) is 1. The zero-order valence-electron chi connectivity index (χ0n) is 24.9. The van der Waals surface area contributed by atoms with Crippen LogP contribution in [0.2, 0.25) is 0 Å². The molecule has 1 fully saturated rings. The number of thiocarbonyl (C=S) groups is 1. The number of esters is 1. The molecule has 0 unspecified atom stereocenters. The molecule has 1 aliphatic rings. The molecule has 44 heavy (non-hydrogen) atoms. The lowest BCUT2D eigenvalue weighted by atomic mass is 9.96. The predicted octanol–water partition coefficient (Wildman–Crippen LogP) is 7.25. The predicted molar refractivity (Wildman–Crippen MR) is 174 cm³/mol. The van der Waals surface area contributed by atoms with Gasteiger partial charge in [0.15, 0.2) is 5.11 Å². The highest BCUT2D eigenvalue weighted by Crippen LogP contribution is 2.44. The van der Waals surface area contributed by atoms with Crippen molar-refractivity contribution < 1.29 is 19.0 Å². The molecule has 3 aromatic carbocycles. The van der Waals surface area contributed by atoms with Crippen LogP contribution >= 0.6 is 12.2 Å². The fourth-order valence-corrected chi connectivity index (χ4v) is 6.10. The first-order valence-corrected chi connectivity index (χ1v) is 14.6. The van der Waals surface area contributed by atoms with Crippen LogP contribution in [0.5, 0.6) is 17.2 Å². The zero-order chi connectivity index (χ0) is 30.8. The second kappa shape index (κ2) is 12.2. The van der Waals surface area contributed by atoms with Crippen LogP contribution < -0.4 is 19.7 Å². The van der Waals surface area contributed by atoms with Gasteiger partial charge in [0.05, 0.1) is 37.6 Å². The van der Waals surface area contributed by atoms with Gasteiger partial charge in [0.25, 0.3) is 0 Å². The lowest BCUT2D eigenvalue weighted by Gasteiger charge is -2.28. The average Bonchev–Trinajstić information content (AvgIpc) is 3.56. The number of nitrogens with one attached hydrogen (secondary N) is 1. The summed E-state index contributed by atoms with van der Waals surface area (Å²) in [6.07, 6.45) is 1.80. The van der Waals surface area contributed by atoms with Crippen LogP contribution in [0.3, 0.4) is 0 Å². The molecule has 9 heteroatoms. The van der Waals surface area contributed by atoms with E-state index in [-0.39, 0.29) is 18.1 Å². The molecule has 0 radical (unpaired) electrons. The van der Waals surface area contributed by atoms with Crippen molar-refractivity contribution in [3.05, 3.63) is 131 Å². The second-order valence-corrected chi connectivity index (χ2v) is 10.9. The first-order valence-electron chi connectivity index (χ1n) is 14.2. The number of pyridine rings is 1. The van der Waals surface area contributed by atoms with Crippen molar-refractivity contribution in [3.8, 4) is 22.9 Å². The number of aryl methyl sites for hydroxylation is 1. The summed E-state index contributed by atoms with van der Waals surface area (Å²) in [6, 6.07) is 30.6. The fraction of sp³-hybridized carbons (Fsp3) is 0.171. The second-order valence-electron chi connectivity index (χ2n) is 10.5. The summed E-state index contributed by atoms with van der Waals surface area (Å²) in [5.74, 6) is 1.84. The van der Waals surface area contributed by atoms with Gasteiger partial charge < -0.3 is 29.0 Å². The number of carbonyl (C=O) groups excluding carboxylic acids is 1. The van der Waals surface area contributed by atoms with Gasteiger partial charge in [0, 0.05) is 29.0 Å². The Labute approximate surface area is 261 Å². The molecule has 6 rings (SSSR count). The first kappa shape index (κ1) is 28.9. The molecular weight excluding hydrogens is 572 g/mol. The van der Waals surface area contributed by atoms with E-state index in [9.17, 15) is 4.79 Å². The van der Waals surface area contributed by atoms with E-state index in [1.807, 2.05) is 78.9 Å². The molecule has 222 valence electrons. The molecule has 0 aliphatic carbocycles. The maximum Gasteiger partial charge on any atom is 0.337 e. The van der Waals surface area contributed by atoms with Crippen molar-refractivity contribution in [2.24, 2.45) is 0 Å². The highest BCUT2D eigenvalue weighted by Gasteiger charge is 2.42. The van der Waals surface area contributed by atoms with Crippen molar-refractivity contribution in [1.82, 2.24) is 14.9 Å². The molecule has 2 atom stereocenters. The van der Waals surface area contributed by atoms with Crippen LogP contribution in [0.4, 0.5) is 5.69 Å². The van der Waals surface area contributed by atoms with Gasteiger partial charge in [0.2, 0.25) is 0 Å². The zero-order valence-corrected chi connectivity index (χ0v) is 25.7. The van der Waals surface area contributed by atoms with Crippen LogP contribution in [-0.2, 0) is 4.74 Å². The Morgan fingerprint density at radius 1 is 0.841 bits per heavy atom. The van der Waals surface area contributed by atoms with Gasteiger partial charge in [-0.15, -0.1) is 0 Å².